The first kappa shape index (κ1) is 24.5. The molecule has 9 nitrogen and oxygen atoms in total. The highest BCUT2D eigenvalue weighted by molar-refractivity contribution is 7.13. The van der Waals surface area contributed by atoms with E-state index in [0.29, 0.717) is 18.0 Å². The van der Waals surface area contributed by atoms with Gasteiger partial charge in [0.1, 0.15) is 11.7 Å². The lowest BCUT2D eigenvalue weighted by molar-refractivity contribution is -0.134. The molecule has 0 radical (unpaired) electrons. The minimum Gasteiger partial charge on any atom is -0.391 e. The van der Waals surface area contributed by atoms with Crippen LogP contribution in [0.2, 0.25) is 0 Å². The lowest BCUT2D eigenvalue weighted by atomic mass is 9.91. The van der Waals surface area contributed by atoms with Crippen molar-refractivity contribution in [1.82, 2.24) is 20.4 Å². The Labute approximate surface area is 214 Å². The third-order valence-electron chi connectivity index (χ3n) is 6.90. The van der Waals surface area contributed by atoms with Crippen LogP contribution in [0.5, 0.6) is 0 Å². The van der Waals surface area contributed by atoms with Gasteiger partial charge in [-0.1, -0.05) is 48.4 Å². The molecule has 1 fully saturated rings. The second kappa shape index (κ2) is 9.33. The van der Waals surface area contributed by atoms with Crippen LogP contribution in [-0.4, -0.2) is 50.6 Å². The zero-order valence-electron chi connectivity index (χ0n) is 21.1. The quantitative estimate of drug-likeness (QED) is 0.518. The number of thiazole rings is 1. The molecule has 3 aromatic rings. The molecule has 5 rings (SSSR count). The molecule has 2 aliphatic rings. The zero-order valence-corrected chi connectivity index (χ0v) is 21.9. The van der Waals surface area contributed by atoms with Crippen LogP contribution in [0.15, 0.2) is 45.5 Å². The molecule has 10 heteroatoms. The van der Waals surface area contributed by atoms with Crippen molar-refractivity contribution < 1.29 is 19.3 Å². The summed E-state index contributed by atoms with van der Waals surface area (Å²) in [5.74, 6) is 0.428. The summed E-state index contributed by atoms with van der Waals surface area (Å²) in [7, 11) is 0. The Morgan fingerprint density at radius 1 is 1.28 bits per heavy atom. The molecule has 36 heavy (non-hydrogen) atoms. The summed E-state index contributed by atoms with van der Waals surface area (Å²) in [6, 6.07) is 9.48. The third-order valence-corrected chi connectivity index (χ3v) is 7.88. The zero-order chi connectivity index (χ0) is 25.6. The van der Waals surface area contributed by atoms with Gasteiger partial charge >= 0.3 is 0 Å². The molecule has 0 bridgehead atoms. The van der Waals surface area contributed by atoms with Gasteiger partial charge in [0.25, 0.3) is 0 Å². The maximum absolute atomic E-state index is 13.7. The highest BCUT2D eigenvalue weighted by atomic mass is 32.1. The second-order valence-corrected chi connectivity index (χ2v) is 10.9. The summed E-state index contributed by atoms with van der Waals surface area (Å²) in [6.07, 6.45) is -0.276. The molecule has 4 heterocycles. The number of β-amino-alcohol motifs (C(OH)–C–C–N with tert-alkyl or cyclic N) is 1. The van der Waals surface area contributed by atoms with E-state index in [1.807, 2.05) is 64.4 Å². The smallest absolute Gasteiger partial charge is 0.234 e. The summed E-state index contributed by atoms with van der Waals surface area (Å²) < 4.78 is 5.46. The van der Waals surface area contributed by atoms with Crippen molar-refractivity contribution in [3.63, 3.8) is 0 Å². The first-order valence-electron chi connectivity index (χ1n) is 12.1. The number of nitrogens with one attached hydrogen (secondary N) is 1. The largest absolute Gasteiger partial charge is 0.391 e. The topological polar surface area (TPSA) is 113 Å². The lowest BCUT2D eigenvalue weighted by Crippen LogP contribution is -2.50. The predicted molar refractivity (Wildman–Crippen MR) is 136 cm³/mol. The van der Waals surface area contributed by atoms with Crippen molar-refractivity contribution in [2.24, 2.45) is 11.1 Å². The maximum Gasteiger partial charge on any atom is 0.234 e. The van der Waals surface area contributed by atoms with Crippen molar-refractivity contribution in [3.8, 4) is 10.4 Å². The van der Waals surface area contributed by atoms with Gasteiger partial charge in [-0.05, 0) is 25.3 Å². The number of aliphatic hydroxyl groups excluding tert-OH is 1. The molecule has 2 aliphatic heterocycles. The van der Waals surface area contributed by atoms with Crippen molar-refractivity contribution in [2.45, 2.75) is 64.8 Å². The number of carbonyl (C=O) groups is 1. The number of hydrogen-bond donors (Lipinski definition) is 2. The highest BCUT2D eigenvalue weighted by Gasteiger charge is 2.46. The highest BCUT2D eigenvalue weighted by Crippen LogP contribution is 2.35. The number of oxime groups is 1. The molecule has 1 aromatic carbocycles. The van der Waals surface area contributed by atoms with Gasteiger partial charge in [-0.2, -0.15) is 0 Å². The van der Waals surface area contributed by atoms with Crippen LogP contribution in [0.1, 0.15) is 55.8 Å². The van der Waals surface area contributed by atoms with Gasteiger partial charge < -0.3 is 24.7 Å². The number of rotatable bonds is 6. The third kappa shape index (κ3) is 4.39. The normalized spacial score (nSPS) is 24.5. The minimum atomic E-state index is -0.891. The Morgan fingerprint density at radius 3 is 2.64 bits per heavy atom. The Bertz CT molecular complexity index is 1280. The van der Waals surface area contributed by atoms with E-state index in [0.717, 1.165) is 27.4 Å². The summed E-state index contributed by atoms with van der Waals surface area (Å²) in [6.45, 7) is 9.91. The van der Waals surface area contributed by atoms with E-state index in [1.165, 1.54) is 0 Å². The van der Waals surface area contributed by atoms with Crippen LogP contribution >= 0.6 is 11.3 Å². The summed E-state index contributed by atoms with van der Waals surface area (Å²) in [5, 5.41) is 22.2. The van der Waals surface area contributed by atoms with E-state index >= 15 is 0 Å². The van der Waals surface area contributed by atoms with Crippen molar-refractivity contribution in [1.29, 1.82) is 0 Å². The van der Waals surface area contributed by atoms with Gasteiger partial charge in [0, 0.05) is 31.5 Å². The fraction of sp³-hybridized carbons (Fsp3) is 0.462. The van der Waals surface area contributed by atoms with Gasteiger partial charge in [-0.15, -0.1) is 11.3 Å². The van der Waals surface area contributed by atoms with Crippen LogP contribution in [0.25, 0.3) is 10.4 Å². The number of amides is 1. The van der Waals surface area contributed by atoms with Gasteiger partial charge in [0.2, 0.25) is 11.6 Å². The Morgan fingerprint density at radius 2 is 2.03 bits per heavy atom. The van der Waals surface area contributed by atoms with E-state index in [2.05, 4.69) is 20.6 Å². The molecule has 0 unspecified atom stereocenters. The molecule has 2 aromatic heterocycles. The molecule has 0 aliphatic carbocycles. The molecule has 4 atom stereocenters. The number of carbonyl (C=O) groups excluding carboxylic acids is 1. The standard InChI is InChI=1S/C26H31N5O4S/c1-14(2)22(21-10-15(3)29-34-21)25(33)31-12-19(32)11-20(31)24-28-26(5,35-30-24)18-8-6-17(7-9-18)23-16(4)27-13-36-23/h6-10,13-14,19-20,22,32H,11-12H2,1-5H3,(H,28,30)/t19-,20+,22+,26-/m1/s1. The molecule has 190 valence electrons. The summed E-state index contributed by atoms with van der Waals surface area (Å²) >= 11 is 1.61. The van der Waals surface area contributed by atoms with Gasteiger partial charge in [0.05, 0.1) is 33.9 Å². The fourth-order valence-corrected chi connectivity index (χ4v) is 5.79. The number of aromatic nitrogens is 2. The van der Waals surface area contributed by atoms with Gasteiger partial charge in [0.15, 0.2) is 5.84 Å². The van der Waals surface area contributed by atoms with E-state index in [4.69, 9.17) is 9.36 Å². The molecular formula is C26H31N5O4S. The molecule has 1 amide bonds. The molecule has 2 N–H and O–H groups in total. The summed E-state index contributed by atoms with van der Waals surface area (Å²) in [5.41, 5.74) is 4.69. The monoisotopic (exact) mass is 509 g/mol. The van der Waals surface area contributed by atoms with E-state index < -0.39 is 23.8 Å². The SMILES string of the molecule is Cc1cc([C@@H](C(=O)N2C[C@H](O)C[C@H]2C2=NO[C@](C)(c3ccc(-c4scnc4C)cc3)N2)C(C)C)on1. The molecule has 0 spiro atoms. The van der Waals surface area contributed by atoms with Crippen LogP contribution in [0, 0.1) is 19.8 Å². The fourth-order valence-electron chi connectivity index (χ4n) is 4.98. The lowest BCUT2D eigenvalue weighted by Gasteiger charge is -2.30. The maximum atomic E-state index is 13.7. The first-order valence-corrected chi connectivity index (χ1v) is 13.0. The van der Waals surface area contributed by atoms with Crippen molar-refractivity contribution >= 4 is 23.1 Å². The predicted octanol–water partition coefficient (Wildman–Crippen LogP) is 3.92. The number of nitrogens with zero attached hydrogens (tertiary/aromatic N) is 4. The Balaban J connectivity index is 1.35. The summed E-state index contributed by atoms with van der Waals surface area (Å²) in [4.78, 5) is 26.8. The minimum absolute atomic E-state index is 0.0102. The first-order chi connectivity index (χ1) is 17.2. The average molecular weight is 510 g/mol. The van der Waals surface area contributed by atoms with Crippen LogP contribution in [0.3, 0.4) is 0 Å². The van der Waals surface area contributed by atoms with E-state index in [1.54, 1.807) is 22.3 Å². The molecule has 1 saturated heterocycles. The second-order valence-electron chi connectivity index (χ2n) is 10.1. The number of aliphatic hydroxyl groups is 1. The average Bonchev–Trinajstić information content (AvgIpc) is 3.62. The van der Waals surface area contributed by atoms with Crippen LogP contribution in [0.4, 0.5) is 0 Å². The van der Waals surface area contributed by atoms with Gasteiger partial charge in [-0.3, -0.25) is 4.79 Å². The van der Waals surface area contributed by atoms with E-state index in [-0.39, 0.29) is 18.4 Å². The van der Waals surface area contributed by atoms with Crippen LogP contribution in [-0.2, 0) is 15.4 Å². The van der Waals surface area contributed by atoms with E-state index in [9.17, 15) is 9.90 Å². The number of aryl methyl sites for hydroxylation is 2. The number of likely N-dealkylation sites (tertiary alicyclic amines) is 1. The number of hydrogen-bond acceptors (Lipinski definition) is 9. The Kier molecular flexibility index (Phi) is 6.34. The number of amidine groups is 1. The van der Waals surface area contributed by atoms with Crippen LogP contribution < -0.4 is 5.32 Å². The number of benzene rings is 1. The van der Waals surface area contributed by atoms with Crippen molar-refractivity contribution in [2.75, 3.05) is 6.54 Å². The van der Waals surface area contributed by atoms with Crippen molar-refractivity contribution in [3.05, 3.63) is 58.6 Å². The molecule has 0 saturated carbocycles. The van der Waals surface area contributed by atoms with Gasteiger partial charge in [-0.25, -0.2) is 4.98 Å². The Hall–Kier alpha value is -3.24. The molecular weight excluding hydrogens is 478 g/mol.